The first-order valence-corrected chi connectivity index (χ1v) is 3.81. The van der Waals surface area contributed by atoms with E-state index >= 15 is 0 Å². The number of hydrogen-bond acceptors (Lipinski definition) is 2. The van der Waals surface area contributed by atoms with E-state index in [1.54, 1.807) is 24.3 Å². The van der Waals surface area contributed by atoms with Crippen molar-refractivity contribution < 1.29 is 4.92 Å². The number of fused-ring (bicyclic) bond motifs is 1. The molecule has 0 N–H and O–H groups in total. The van der Waals surface area contributed by atoms with E-state index in [0.717, 1.165) is 10.8 Å². The fourth-order valence-electron chi connectivity index (χ4n) is 1.23. The zero-order valence-corrected chi connectivity index (χ0v) is 6.73. The third kappa shape index (κ3) is 1.36. The molecule has 0 aliphatic carbocycles. The molecule has 0 spiro atoms. The molecule has 0 aliphatic rings. The molecule has 2 rings (SSSR count). The zero-order chi connectivity index (χ0) is 9.26. The first-order chi connectivity index (χ1) is 6.27. The SMILES string of the molecule is O=[N+]([O-])c1ccc2c[c]ccc2c1. The summed E-state index contributed by atoms with van der Waals surface area (Å²) in [6.07, 6.45) is 0. The van der Waals surface area contributed by atoms with Crippen molar-refractivity contribution in [2.45, 2.75) is 0 Å². The predicted molar refractivity (Wildman–Crippen MR) is 49.4 cm³/mol. The van der Waals surface area contributed by atoms with Crippen molar-refractivity contribution in [1.82, 2.24) is 0 Å². The molecule has 0 amide bonds. The Morgan fingerprint density at radius 3 is 2.85 bits per heavy atom. The van der Waals surface area contributed by atoms with Gasteiger partial charge in [-0.05, 0) is 29.0 Å². The Bertz CT molecular complexity index is 465. The Hall–Kier alpha value is -1.90. The highest BCUT2D eigenvalue weighted by atomic mass is 16.6. The molecule has 0 aliphatic heterocycles. The second-order valence-electron chi connectivity index (χ2n) is 2.71. The van der Waals surface area contributed by atoms with Crippen LogP contribution in [-0.4, -0.2) is 4.92 Å². The number of non-ortho nitro benzene ring substituents is 1. The van der Waals surface area contributed by atoms with Gasteiger partial charge in [0.15, 0.2) is 0 Å². The van der Waals surface area contributed by atoms with E-state index in [2.05, 4.69) is 6.07 Å². The summed E-state index contributed by atoms with van der Waals surface area (Å²) in [5.74, 6) is 0. The van der Waals surface area contributed by atoms with E-state index in [1.165, 1.54) is 6.07 Å². The average Bonchev–Trinajstić information content (AvgIpc) is 2.17. The zero-order valence-electron chi connectivity index (χ0n) is 6.73. The first kappa shape index (κ1) is 7.73. The molecule has 2 aromatic rings. The van der Waals surface area contributed by atoms with Gasteiger partial charge in [0.25, 0.3) is 5.69 Å². The maximum absolute atomic E-state index is 10.4. The van der Waals surface area contributed by atoms with Crippen molar-refractivity contribution in [1.29, 1.82) is 0 Å². The first-order valence-electron chi connectivity index (χ1n) is 3.81. The highest BCUT2D eigenvalue weighted by Crippen LogP contribution is 2.19. The van der Waals surface area contributed by atoms with Crippen LogP contribution >= 0.6 is 0 Å². The van der Waals surface area contributed by atoms with E-state index < -0.39 is 4.92 Å². The van der Waals surface area contributed by atoms with E-state index in [9.17, 15) is 10.1 Å². The molecule has 0 saturated heterocycles. The lowest BCUT2D eigenvalue weighted by Crippen LogP contribution is -1.86. The molecular weight excluding hydrogens is 166 g/mol. The number of nitro benzene ring substituents is 1. The van der Waals surface area contributed by atoms with Crippen LogP contribution in [0.4, 0.5) is 5.69 Å². The molecule has 0 bridgehead atoms. The predicted octanol–water partition coefficient (Wildman–Crippen LogP) is 2.55. The standard InChI is InChI=1S/C10H6NO2/c12-11(13)10-6-5-8-3-1-2-4-9(8)7-10/h2-7H. The Kier molecular flexibility index (Phi) is 1.70. The Morgan fingerprint density at radius 1 is 1.23 bits per heavy atom. The van der Waals surface area contributed by atoms with Crippen LogP contribution in [0.15, 0.2) is 36.4 Å². The minimum atomic E-state index is -0.393. The molecule has 0 fully saturated rings. The summed E-state index contributed by atoms with van der Waals surface area (Å²) < 4.78 is 0. The second kappa shape index (κ2) is 2.86. The topological polar surface area (TPSA) is 43.1 Å². The number of nitrogens with zero attached hydrogens (tertiary/aromatic N) is 1. The number of nitro groups is 1. The molecule has 2 aromatic carbocycles. The van der Waals surface area contributed by atoms with Crippen LogP contribution in [0.2, 0.25) is 0 Å². The molecule has 1 radical (unpaired) electrons. The van der Waals surface area contributed by atoms with E-state index in [-0.39, 0.29) is 5.69 Å². The van der Waals surface area contributed by atoms with Crippen molar-refractivity contribution in [2.75, 3.05) is 0 Å². The quantitative estimate of drug-likeness (QED) is 0.490. The number of benzene rings is 2. The minimum absolute atomic E-state index is 0.124. The van der Waals surface area contributed by atoms with Crippen molar-refractivity contribution in [3.8, 4) is 0 Å². The third-order valence-electron chi connectivity index (χ3n) is 1.88. The number of rotatable bonds is 1. The van der Waals surface area contributed by atoms with Gasteiger partial charge in [0.05, 0.1) is 4.92 Å². The van der Waals surface area contributed by atoms with Crippen LogP contribution < -0.4 is 0 Å². The third-order valence-corrected chi connectivity index (χ3v) is 1.88. The summed E-state index contributed by atoms with van der Waals surface area (Å²) in [6, 6.07) is 13.0. The fourth-order valence-corrected chi connectivity index (χ4v) is 1.23. The largest absolute Gasteiger partial charge is 0.270 e. The molecule has 0 atom stereocenters. The highest BCUT2D eigenvalue weighted by Gasteiger charge is 2.04. The lowest BCUT2D eigenvalue weighted by Gasteiger charge is -1.95. The van der Waals surface area contributed by atoms with Gasteiger partial charge in [-0.25, -0.2) is 0 Å². The molecule has 3 nitrogen and oxygen atoms in total. The smallest absolute Gasteiger partial charge is 0.258 e. The Morgan fingerprint density at radius 2 is 2.08 bits per heavy atom. The lowest BCUT2D eigenvalue weighted by molar-refractivity contribution is -0.384. The van der Waals surface area contributed by atoms with Crippen LogP contribution in [0, 0.1) is 16.2 Å². The van der Waals surface area contributed by atoms with Gasteiger partial charge >= 0.3 is 0 Å². The summed E-state index contributed by atoms with van der Waals surface area (Å²) in [4.78, 5) is 10.0. The summed E-state index contributed by atoms with van der Waals surface area (Å²) in [5, 5.41) is 12.3. The van der Waals surface area contributed by atoms with Crippen LogP contribution in [0.5, 0.6) is 0 Å². The van der Waals surface area contributed by atoms with Gasteiger partial charge in [-0.15, -0.1) is 0 Å². The second-order valence-corrected chi connectivity index (χ2v) is 2.71. The fraction of sp³-hybridized carbons (Fsp3) is 0. The van der Waals surface area contributed by atoms with E-state index in [0.29, 0.717) is 0 Å². The van der Waals surface area contributed by atoms with Crippen molar-refractivity contribution in [3.63, 3.8) is 0 Å². The summed E-state index contributed by atoms with van der Waals surface area (Å²) in [5.41, 5.74) is 0.124. The molecule has 0 unspecified atom stereocenters. The Labute approximate surface area is 74.8 Å². The van der Waals surface area contributed by atoms with Gasteiger partial charge < -0.3 is 0 Å². The van der Waals surface area contributed by atoms with Crippen LogP contribution in [0.3, 0.4) is 0 Å². The van der Waals surface area contributed by atoms with Crippen molar-refractivity contribution in [2.24, 2.45) is 0 Å². The summed E-state index contributed by atoms with van der Waals surface area (Å²) in [7, 11) is 0. The molecule has 0 saturated carbocycles. The Balaban J connectivity index is 2.69. The van der Waals surface area contributed by atoms with E-state index in [4.69, 9.17) is 0 Å². The van der Waals surface area contributed by atoms with Gasteiger partial charge in [0, 0.05) is 12.1 Å². The molecule has 63 valence electrons. The van der Waals surface area contributed by atoms with Gasteiger partial charge in [0.1, 0.15) is 0 Å². The molecule has 3 heteroatoms. The average molecular weight is 172 g/mol. The summed E-state index contributed by atoms with van der Waals surface area (Å²) >= 11 is 0. The van der Waals surface area contributed by atoms with Gasteiger partial charge in [-0.1, -0.05) is 12.1 Å². The van der Waals surface area contributed by atoms with E-state index in [1.807, 2.05) is 6.07 Å². The normalized spacial score (nSPS) is 10.2. The van der Waals surface area contributed by atoms with Crippen LogP contribution in [0.25, 0.3) is 10.8 Å². The lowest BCUT2D eigenvalue weighted by atomic mass is 10.1. The van der Waals surface area contributed by atoms with Gasteiger partial charge in [0.2, 0.25) is 0 Å². The van der Waals surface area contributed by atoms with Gasteiger partial charge in [-0.3, -0.25) is 10.1 Å². The van der Waals surface area contributed by atoms with Crippen molar-refractivity contribution >= 4 is 16.5 Å². The molecule has 13 heavy (non-hydrogen) atoms. The monoisotopic (exact) mass is 172 g/mol. The molecule has 0 aromatic heterocycles. The van der Waals surface area contributed by atoms with Crippen LogP contribution in [-0.2, 0) is 0 Å². The van der Waals surface area contributed by atoms with Crippen LogP contribution in [0.1, 0.15) is 0 Å². The minimum Gasteiger partial charge on any atom is -0.258 e. The van der Waals surface area contributed by atoms with Gasteiger partial charge in [-0.2, -0.15) is 0 Å². The number of hydrogen-bond donors (Lipinski definition) is 0. The van der Waals surface area contributed by atoms with Crippen molar-refractivity contribution in [3.05, 3.63) is 52.6 Å². The maximum Gasteiger partial charge on any atom is 0.270 e. The highest BCUT2D eigenvalue weighted by molar-refractivity contribution is 5.84. The summed E-state index contributed by atoms with van der Waals surface area (Å²) in [6.45, 7) is 0. The maximum atomic E-state index is 10.4. The molecular formula is C10H6NO2. The molecule has 0 heterocycles.